The third-order valence-corrected chi connectivity index (χ3v) is 4.34. The highest BCUT2D eigenvalue weighted by molar-refractivity contribution is 6.08. The molecular formula is C20H12F3NO3. The van der Waals surface area contributed by atoms with E-state index in [-0.39, 0.29) is 28.2 Å². The van der Waals surface area contributed by atoms with Crippen LogP contribution in [0.1, 0.15) is 5.56 Å². The van der Waals surface area contributed by atoms with Gasteiger partial charge in [0, 0.05) is 24.3 Å². The Bertz CT molecular complexity index is 1150. The first-order chi connectivity index (χ1) is 12.9. The van der Waals surface area contributed by atoms with Gasteiger partial charge in [-0.25, -0.2) is 0 Å². The molecule has 0 saturated carbocycles. The van der Waals surface area contributed by atoms with Crippen molar-refractivity contribution in [2.45, 2.75) is 6.18 Å². The molecule has 1 aliphatic rings. The fourth-order valence-corrected chi connectivity index (χ4v) is 3.11. The van der Waals surface area contributed by atoms with Gasteiger partial charge in [-0.3, -0.25) is 9.59 Å². The number of fused-ring (bicyclic) bond motifs is 1. The molecule has 3 aromatic rings. The summed E-state index contributed by atoms with van der Waals surface area (Å²) in [6, 6.07) is 10.6. The van der Waals surface area contributed by atoms with Crippen molar-refractivity contribution >= 4 is 22.6 Å². The van der Waals surface area contributed by atoms with Crippen molar-refractivity contribution in [3.8, 4) is 11.3 Å². The molecule has 2 heterocycles. The smallest absolute Gasteiger partial charge is 0.417 e. The monoisotopic (exact) mass is 371 g/mol. The molecule has 1 aliphatic heterocycles. The number of halogens is 3. The highest BCUT2D eigenvalue weighted by Gasteiger charge is 2.34. The molecule has 136 valence electrons. The number of hydrogen-bond acceptors (Lipinski definition) is 3. The van der Waals surface area contributed by atoms with Crippen LogP contribution < -0.4 is 10.3 Å². The first kappa shape index (κ1) is 17.1. The maximum absolute atomic E-state index is 13.3. The maximum atomic E-state index is 13.3. The average molecular weight is 371 g/mol. The summed E-state index contributed by atoms with van der Waals surface area (Å²) in [5.74, 6) is -0.487. The number of carbonyl (C=O) groups excluding carboxylic acids is 1. The minimum Gasteiger partial charge on any atom is -0.454 e. The number of rotatable bonds is 2. The molecule has 7 heteroatoms. The van der Waals surface area contributed by atoms with Crippen LogP contribution in [0.25, 0.3) is 22.3 Å². The van der Waals surface area contributed by atoms with Crippen molar-refractivity contribution in [3.05, 3.63) is 76.5 Å². The number of alkyl halides is 3. The standard InChI is InChI=1S/C20H12F3NO3/c21-20(22,23)14-7-2-1-5-12(14)17-11-16(25)13-6-3-8-15(19(13)27-17)24-10-4-9-18(24)26/h1-9,11H,10H2. The van der Waals surface area contributed by atoms with Crippen LogP contribution in [0.2, 0.25) is 0 Å². The van der Waals surface area contributed by atoms with Crippen LogP contribution in [0.3, 0.4) is 0 Å². The SMILES string of the molecule is O=C1C=CCN1c1cccc2c(=O)cc(-c3ccccc3C(F)(F)F)oc12. The quantitative estimate of drug-likeness (QED) is 0.672. The van der Waals surface area contributed by atoms with Crippen molar-refractivity contribution in [2.24, 2.45) is 0 Å². The number of carbonyl (C=O) groups is 1. The molecular weight excluding hydrogens is 359 g/mol. The second-order valence-corrected chi connectivity index (χ2v) is 6.02. The first-order valence-electron chi connectivity index (χ1n) is 8.08. The lowest BCUT2D eigenvalue weighted by Crippen LogP contribution is -2.25. The van der Waals surface area contributed by atoms with Crippen LogP contribution in [0.4, 0.5) is 18.9 Å². The van der Waals surface area contributed by atoms with Gasteiger partial charge in [0.2, 0.25) is 0 Å². The van der Waals surface area contributed by atoms with Gasteiger partial charge in [0.15, 0.2) is 11.0 Å². The topological polar surface area (TPSA) is 50.5 Å². The Balaban J connectivity index is 1.98. The van der Waals surface area contributed by atoms with Crippen molar-refractivity contribution < 1.29 is 22.4 Å². The summed E-state index contributed by atoms with van der Waals surface area (Å²) in [5.41, 5.74) is -1.20. The van der Waals surface area contributed by atoms with Crippen LogP contribution in [0, 0.1) is 0 Å². The van der Waals surface area contributed by atoms with E-state index < -0.39 is 17.2 Å². The Morgan fingerprint density at radius 2 is 1.78 bits per heavy atom. The molecule has 2 aromatic carbocycles. The zero-order chi connectivity index (χ0) is 19.2. The molecule has 0 fully saturated rings. The third kappa shape index (κ3) is 2.91. The lowest BCUT2D eigenvalue weighted by molar-refractivity contribution is -0.137. The van der Waals surface area contributed by atoms with E-state index in [0.29, 0.717) is 12.2 Å². The molecule has 0 N–H and O–H groups in total. The largest absolute Gasteiger partial charge is 0.454 e. The molecule has 4 rings (SSSR count). The molecule has 0 atom stereocenters. The van der Waals surface area contributed by atoms with Gasteiger partial charge in [0.05, 0.1) is 16.6 Å². The Hall–Kier alpha value is -3.35. The van der Waals surface area contributed by atoms with E-state index >= 15 is 0 Å². The van der Waals surface area contributed by atoms with Gasteiger partial charge in [-0.05, 0) is 18.2 Å². The summed E-state index contributed by atoms with van der Waals surface area (Å²) < 4.78 is 45.8. The number of anilines is 1. The molecule has 0 radical (unpaired) electrons. The Morgan fingerprint density at radius 3 is 2.48 bits per heavy atom. The molecule has 1 amide bonds. The molecule has 0 bridgehead atoms. The number of amides is 1. The van der Waals surface area contributed by atoms with E-state index in [2.05, 4.69) is 0 Å². The normalized spacial score (nSPS) is 14.3. The maximum Gasteiger partial charge on any atom is 0.417 e. The van der Waals surface area contributed by atoms with Gasteiger partial charge >= 0.3 is 6.18 Å². The summed E-state index contributed by atoms with van der Waals surface area (Å²) in [5, 5.41) is 0.195. The molecule has 0 aliphatic carbocycles. The van der Waals surface area contributed by atoms with Gasteiger partial charge in [0.1, 0.15) is 5.76 Å². The lowest BCUT2D eigenvalue weighted by Gasteiger charge is -2.18. The Morgan fingerprint density at radius 1 is 1.00 bits per heavy atom. The second-order valence-electron chi connectivity index (χ2n) is 6.02. The molecule has 0 saturated heterocycles. The minimum absolute atomic E-state index is 0.0778. The van der Waals surface area contributed by atoms with Crippen molar-refractivity contribution in [3.63, 3.8) is 0 Å². The van der Waals surface area contributed by atoms with Crippen LogP contribution in [0.15, 0.2) is 69.9 Å². The summed E-state index contributed by atoms with van der Waals surface area (Å²) in [6.45, 7) is 0.297. The van der Waals surface area contributed by atoms with E-state index in [1.54, 1.807) is 18.2 Å². The van der Waals surface area contributed by atoms with Crippen LogP contribution in [-0.4, -0.2) is 12.5 Å². The van der Waals surface area contributed by atoms with Crippen molar-refractivity contribution in [2.75, 3.05) is 11.4 Å². The molecule has 4 nitrogen and oxygen atoms in total. The van der Waals surface area contributed by atoms with Crippen LogP contribution in [-0.2, 0) is 11.0 Å². The van der Waals surface area contributed by atoms with Crippen LogP contribution in [0.5, 0.6) is 0 Å². The fourth-order valence-electron chi connectivity index (χ4n) is 3.11. The fraction of sp³-hybridized carbons (Fsp3) is 0.100. The zero-order valence-corrected chi connectivity index (χ0v) is 13.8. The third-order valence-electron chi connectivity index (χ3n) is 4.34. The van der Waals surface area contributed by atoms with E-state index in [1.165, 1.54) is 35.2 Å². The molecule has 0 unspecified atom stereocenters. The molecule has 0 spiro atoms. The predicted molar refractivity (Wildman–Crippen MR) is 94.4 cm³/mol. The van der Waals surface area contributed by atoms with Crippen molar-refractivity contribution in [1.82, 2.24) is 0 Å². The zero-order valence-electron chi connectivity index (χ0n) is 13.8. The average Bonchev–Trinajstić information content (AvgIpc) is 3.06. The number of benzene rings is 2. The van der Waals surface area contributed by atoms with Crippen LogP contribution >= 0.6 is 0 Å². The highest BCUT2D eigenvalue weighted by atomic mass is 19.4. The lowest BCUT2D eigenvalue weighted by atomic mass is 10.0. The first-order valence-corrected chi connectivity index (χ1v) is 8.08. The van der Waals surface area contributed by atoms with Gasteiger partial charge in [-0.15, -0.1) is 0 Å². The summed E-state index contributed by atoms with van der Waals surface area (Å²) in [6.07, 6.45) is -1.56. The second kappa shape index (κ2) is 6.12. The summed E-state index contributed by atoms with van der Waals surface area (Å²) in [4.78, 5) is 25.9. The molecule has 27 heavy (non-hydrogen) atoms. The summed E-state index contributed by atoms with van der Waals surface area (Å²) in [7, 11) is 0. The summed E-state index contributed by atoms with van der Waals surface area (Å²) >= 11 is 0. The van der Waals surface area contributed by atoms with Crippen molar-refractivity contribution in [1.29, 1.82) is 0 Å². The molecule has 1 aromatic heterocycles. The van der Waals surface area contributed by atoms with Gasteiger partial charge in [0.25, 0.3) is 5.91 Å². The highest BCUT2D eigenvalue weighted by Crippen LogP contribution is 2.38. The number of nitrogens with zero attached hydrogens (tertiary/aromatic N) is 1. The van der Waals surface area contributed by atoms with E-state index in [1.807, 2.05) is 0 Å². The minimum atomic E-state index is -4.60. The van der Waals surface area contributed by atoms with Gasteiger partial charge in [-0.2, -0.15) is 13.2 Å². The van der Waals surface area contributed by atoms with E-state index in [0.717, 1.165) is 12.1 Å². The Labute approximate surface area is 151 Å². The van der Waals surface area contributed by atoms with E-state index in [9.17, 15) is 22.8 Å². The van der Waals surface area contributed by atoms with Gasteiger partial charge < -0.3 is 9.32 Å². The van der Waals surface area contributed by atoms with E-state index in [4.69, 9.17) is 4.42 Å². The Kier molecular flexibility index (Phi) is 3.87. The number of para-hydroxylation sites is 1. The number of hydrogen-bond donors (Lipinski definition) is 0. The predicted octanol–water partition coefficient (Wildman–Crippen LogP) is 4.38. The van der Waals surface area contributed by atoms with Gasteiger partial charge in [-0.1, -0.05) is 30.3 Å².